The third-order valence-electron chi connectivity index (χ3n) is 3.64. The minimum atomic E-state index is -0.641. The maximum absolute atomic E-state index is 12.3. The van der Waals surface area contributed by atoms with E-state index in [2.05, 4.69) is 10.3 Å². The molecule has 0 aliphatic rings. The highest BCUT2D eigenvalue weighted by molar-refractivity contribution is 6.32. The van der Waals surface area contributed by atoms with Crippen molar-refractivity contribution in [2.24, 2.45) is 5.73 Å². The lowest BCUT2D eigenvalue weighted by Gasteiger charge is -2.13. The number of aryl methyl sites for hydroxylation is 2. The molecule has 0 aliphatic heterocycles. The molecule has 0 unspecified atom stereocenters. The number of nitrogens with two attached hydrogens (primary N) is 1. The van der Waals surface area contributed by atoms with Crippen molar-refractivity contribution in [3.63, 3.8) is 0 Å². The lowest BCUT2D eigenvalue weighted by molar-refractivity contribution is -0.119. The van der Waals surface area contributed by atoms with Crippen LogP contribution in [-0.2, 0) is 11.3 Å². The van der Waals surface area contributed by atoms with E-state index < -0.39 is 5.91 Å². The van der Waals surface area contributed by atoms with Crippen molar-refractivity contribution in [2.75, 3.05) is 20.3 Å². The van der Waals surface area contributed by atoms with Crippen molar-refractivity contribution in [1.29, 1.82) is 0 Å². The molecule has 2 amide bonds. The molecule has 2 rings (SSSR count). The van der Waals surface area contributed by atoms with Crippen molar-refractivity contribution < 1.29 is 19.1 Å². The van der Waals surface area contributed by atoms with Crippen LogP contribution >= 0.6 is 11.6 Å². The summed E-state index contributed by atoms with van der Waals surface area (Å²) in [5.74, 6) is 0.421. The molecule has 3 N–H and O–H groups in total. The molecule has 1 aromatic heterocycles. The van der Waals surface area contributed by atoms with Gasteiger partial charge in [-0.25, -0.2) is 4.98 Å². The molecule has 9 heteroatoms. The highest BCUT2D eigenvalue weighted by atomic mass is 35.5. The quantitative estimate of drug-likeness (QED) is 0.641. The number of benzene rings is 1. The number of carbonyl (C=O) groups excluding carboxylic acids is 2. The van der Waals surface area contributed by atoms with Gasteiger partial charge in [-0.1, -0.05) is 11.6 Å². The second kappa shape index (κ2) is 9.10. The van der Waals surface area contributed by atoms with E-state index in [0.717, 1.165) is 18.8 Å². The third kappa shape index (κ3) is 5.13. The van der Waals surface area contributed by atoms with Gasteiger partial charge in [-0.3, -0.25) is 9.59 Å². The van der Waals surface area contributed by atoms with Gasteiger partial charge in [0.15, 0.2) is 18.1 Å². The van der Waals surface area contributed by atoms with Gasteiger partial charge < -0.3 is 25.1 Å². The summed E-state index contributed by atoms with van der Waals surface area (Å²) in [7, 11) is 1.41. The molecule has 0 bridgehead atoms. The number of hydrogen-bond donors (Lipinski definition) is 2. The predicted octanol–water partition coefficient (Wildman–Crippen LogP) is 1.54. The van der Waals surface area contributed by atoms with Crippen molar-refractivity contribution in [3.8, 4) is 11.5 Å². The fourth-order valence-corrected chi connectivity index (χ4v) is 2.59. The molecule has 1 heterocycles. The van der Waals surface area contributed by atoms with Crippen molar-refractivity contribution in [2.45, 2.75) is 19.9 Å². The molecular formula is C17H21ClN4O4. The number of carbonyl (C=O) groups is 2. The Kier molecular flexibility index (Phi) is 6.85. The molecule has 0 atom stereocenters. The van der Waals surface area contributed by atoms with Crippen LogP contribution in [-0.4, -0.2) is 41.6 Å². The number of ether oxygens (including phenoxy) is 2. The number of imidazole rings is 1. The van der Waals surface area contributed by atoms with Gasteiger partial charge in [-0.2, -0.15) is 0 Å². The summed E-state index contributed by atoms with van der Waals surface area (Å²) in [4.78, 5) is 27.3. The Hall–Kier alpha value is -2.74. The summed E-state index contributed by atoms with van der Waals surface area (Å²) in [6.45, 7) is 2.84. The van der Waals surface area contributed by atoms with E-state index in [-0.39, 0.29) is 29.0 Å². The molecule has 2 aromatic rings. The van der Waals surface area contributed by atoms with Gasteiger partial charge >= 0.3 is 0 Å². The smallest absolute Gasteiger partial charge is 0.255 e. The van der Waals surface area contributed by atoms with Crippen LogP contribution in [0.3, 0.4) is 0 Å². The highest BCUT2D eigenvalue weighted by Crippen LogP contribution is 2.36. The standard InChI is InChI=1S/C17H21ClN4O4/c1-11-20-5-7-22(11)6-3-4-21-17(24)12-8-13(18)16(14(9-12)25-2)26-10-15(19)23/h5,7-9H,3-4,6,10H2,1-2H3,(H2,19,23)(H,21,24). The Balaban J connectivity index is 1.96. The number of rotatable bonds is 9. The molecule has 0 saturated carbocycles. The molecule has 8 nitrogen and oxygen atoms in total. The van der Waals surface area contributed by atoms with Gasteiger partial charge in [0.1, 0.15) is 5.82 Å². The number of nitrogens with one attached hydrogen (secondary N) is 1. The molecule has 0 spiro atoms. The first-order valence-corrected chi connectivity index (χ1v) is 8.34. The number of aromatic nitrogens is 2. The van der Waals surface area contributed by atoms with Crippen LogP contribution in [0.25, 0.3) is 0 Å². The first-order chi connectivity index (χ1) is 12.4. The van der Waals surface area contributed by atoms with Crippen molar-refractivity contribution >= 4 is 23.4 Å². The van der Waals surface area contributed by atoms with Gasteiger partial charge in [0.2, 0.25) is 0 Å². The van der Waals surface area contributed by atoms with Crippen LogP contribution in [0.15, 0.2) is 24.5 Å². The zero-order chi connectivity index (χ0) is 19.1. The fourth-order valence-electron chi connectivity index (χ4n) is 2.33. The van der Waals surface area contributed by atoms with Gasteiger partial charge in [-0.05, 0) is 25.5 Å². The summed E-state index contributed by atoms with van der Waals surface area (Å²) in [5.41, 5.74) is 5.39. The Bertz CT molecular complexity index is 791. The molecular weight excluding hydrogens is 360 g/mol. The number of primary amides is 1. The van der Waals surface area contributed by atoms with E-state index in [0.29, 0.717) is 12.1 Å². The van der Waals surface area contributed by atoms with Crippen molar-refractivity contribution in [3.05, 3.63) is 40.9 Å². The predicted molar refractivity (Wildman–Crippen MR) is 96.6 cm³/mol. The molecule has 0 saturated heterocycles. The number of hydrogen-bond acceptors (Lipinski definition) is 5. The first-order valence-electron chi connectivity index (χ1n) is 7.97. The summed E-state index contributed by atoms with van der Waals surface area (Å²) >= 11 is 6.14. The average Bonchev–Trinajstić information content (AvgIpc) is 3.01. The Morgan fingerprint density at radius 1 is 1.38 bits per heavy atom. The summed E-state index contributed by atoms with van der Waals surface area (Å²) in [6.07, 6.45) is 4.39. The minimum Gasteiger partial charge on any atom is -0.493 e. The third-order valence-corrected chi connectivity index (χ3v) is 3.92. The van der Waals surface area contributed by atoms with Gasteiger partial charge in [0.05, 0.1) is 12.1 Å². The number of amides is 2. The monoisotopic (exact) mass is 380 g/mol. The Morgan fingerprint density at radius 3 is 2.77 bits per heavy atom. The second-order valence-corrected chi connectivity index (χ2v) is 5.93. The fraction of sp³-hybridized carbons (Fsp3) is 0.353. The maximum atomic E-state index is 12.3. The van der Waals surface area contributed by atoms with Gasteiger partial charge in [-0.15, -0.1) is 0 Å². The number of methoxy groups -OCH3 is 1. The average molecular weight is 381 g/mol. The SMILES string of the molecule is COc1cc(C(=O)NCCCn2ccnc2C)cc(Cl)c1OCC(N)=O. The molecule has 0 fully saturated rings. The van der Waals surface area contributed by atoms with E-state index in [9.17, 15) is 9.59 Å². The topological polar surface area (TPSA) is 108 Å². The van der Waals surface area contributed by atoms with Crippen LogP contribution in [0.4, 0.5) is 0 Å². The molecule has 1 aromatic carbocycles. The largest absolute Gasteiger partial charge is 0.493 e. The lowest BCUT2D eigenvalue weighted by Crippen LogP contribution is -2.25. The molecule has 0 aliphatic carbocycles. The van der Waals surface area contributed by atoms with Crippen LogP contribution < -0.4 is 20.5 Å². The van der Waals surface area contributed by atoms with Crippen LogP contribution in [0.2, 0.25) is 5.02 Å². The van der Waals surface area contributed by atoms with Gasteiger partial charge in [0, 0.05) is 31.0 Å². The number of halogens is 1. The summed E-state index contributed by atoms with van der Waals surface area (Å²) in [5, 5.41) is 2.98. The van der Waals surface area contributed by atoms with Crippen LogP contribution in [0, 0.1) is 6.92 Å². The molecule has 0 radical (unpaired) electrons. The number of nitrogens with zero attached hydrogens (tertiary/aromatic N) is 2. The Morgan fingerprint density at radius 2 is 2.15 bits per heavy atom. The zero-order valence-electron chi connectivity index (χ0n) is 14.6. The summed E-state index contributed by atoms with van der Waals surface area (Å²) in [6, 6.07) is 2.95. The molecule has 26 heavy (non-hydrogen) atoms. The lowest BCUT2D eigenvalue weighted by atomic mass is 10.2. The van der Waals surface area contributed by atoms with E-state index >= 15 is 0 Å². The van der Waals surface area contributed by atoms with Crippen LogP contribution in [0.1, 0.15) is 22.6 Å². The second-order valence-electron chi connectivity index (χ2n) is 5.52. The molecule has 140 valence electrons. The Labute approximate surface area is 156 Å². The zero-order valence-corrected chi connectivity index (χ0v) is 15.4. The van der Waals surface area contributed by atoms with E-state index in [1.165, 1.54) is 19.2 Å². The first kappa shape index (κ1) is 19.6. The van der Waals surface area contributed by atoms with Crippen molar-refractivity contribution in [1.82, 2.24) is 14.9 Å². The minimum absolute atomic E-state index is 0.157. The highest BCUT2D eigenvalue weighted by Gasteiger charge is 2.16. The van der Waals surface area contributed by atoms with E-state index in [1.807, 2.05) is 17.7 Å². The van der Waals surface area contributed by atoms with Crippen LogP contribution in [0.5, 0.6) is 11.5 Å². The maximum Gasteiger partial charge on any atom is 0.255 e. The van der Waals surface area contributed by atoms with E-state index in [4.69, 9.17) is 26.8 Å². The van der Waals surface area contributed by atoms with E-state index in [1.54, 1.807) is 6.20 Å². The normalized spacial score (nSPS) is 10.4. The van der Waals surface area contributed by atoms with Gasteiger partial charge in [0.25, 0.3) is 11.8 Å². The summed E-state index contributed by atoms with van der Waals surface area (Å²) < 4.78 is 12.4.